The molecule has 0 radical (unpaired) electrons. The highest BCUT2D eigenvalue weighted by Gasteiger charge is 2.30. The second-order valence-corrected chi connectivity index (χ2v) is 4.79. The Hall–Kier alpha value is -1.04. The van der Waals surface area contributed by atoms with Gasteiger partial charge >= 0.3 is 0 Å². The van der Waals surface area contributed by atoms with Gasteiger partial charge in [0.2, 0.25) is 5.91 Å². The second kappa shape index (κ2) is 4.00. The molecule has 1 atom stereocenters. The van der Waals surface area contributed by atoms with Crippen molar-refractivity contribution in [3.05, 3.63) is 0 Å². The summed E-state index contributed by atoms with van der Waals surface area (Å²) in [6.07, 6.45) is 3.64. The van der Waals surface area contributed by atoms with Crippen LogP contribution in [0.5, 0.6) is 0 Å². The second-order valence-electron chi connectivity index (χ2n) is 4.79. The average molecular weight is 194 g/mol. The Morgan fingerprint density at radius 3 is 2.64 bits per heavy atom. The maximum atomic E-state index is 11.6. The molecule has 0 aliphatic heterocycles. The molecular formula is C11H18N2O. The molecule has 1 rings (SSSR count). The Kier molecular flexibility index (Phi) is 3.15. The minimum atomic E-state index is -0.905. The zero-order valence-corrected chi connectivity index (χ0v) is 9.13. The van der Waals surface area contributed by atoms with Crippen LogP contribution >= 0.6 is 0 Å². The largest absolute Gasteiger partial charge is 0.352 e. The van der Waals surface area contributed by atoms with Crippen molar-refractivity contribution in [2.24, 2.45) is 11.3 Å². The van der Waals surface area contributed by atoms with Gasteiger partial charge in [-0.15, -0.1) is 0 Å². The molecule has 0 aromatic heterocycles. The zero-order chi connectivity index (χ0) is 10.8. The number of carbonyl (C=O) groups is 1. The van der Waals surface area contributed by atoms with Gasteiger partial charge in [-0.1, -0.05) is 12.8 Å². The molecule has 1 fully saturated rings. The minimum absolute atomic E-state index is 0.159. The lowest BCUT2D eigenvalue weighted by molar-refractivity contribution is -0.127. The van der Waals surface area contributed by atoms with Crippen LogP contribution in [0.2, 0.25) is 0 Å². The van der Waals surface area contributed by atoms with Gasteiger partial charge in [0.25, 0.3) is 0 Å². The number of nitriles is 1. The van der Waals surface area contributed by atoms with Crippen LogP contribution in [-0.2, 0) is 4.79 Å². The van der Waals surface area contributed by atoms with Crippen molar-refractivity contribution in [3.63, 3.8) is 0 Å². The summed E-state index contributed by atoms with van der Waals surface area (Å²) < 4.78 is 0. The third-order valence-electron chi connectivity index (χ3n) is 2.61. The van der Waals surface area contributed by atoms with E-state index in [4.69, 9.17) is 5.26 Å². The smallest absolute Gasteiger partial charge is 0.240 e. The van der Waals surface area contributed by atoms with Crippen molar-refractivity contribution in [1.82, 2.24) is 5.32 Å². The van der Waals surface area contributed by atoms with Crippen molar-refractivity contribution < 1.29 is 4.79 Å². The van der Waals surface area contributed by atoms with Crippen molar-refractivity contribution in [1.29, 1.82) is 5.26 Å². The van der Waals surface area contributed by atoms with E-state index >= 15 is 0 Å². The quantitative estimate of drug-likeness (QED) is 0.742. The standard InChI is InChI=1S/C11H18N2O/c1-8(6-9-4-5-9)13-10(14)11(2,3)7-12/h8-9H,4-6H2,1-3H3,(H,13,14). The average Bonchev–Trinajstić information content (AvgIpc) is 2.88. The highest BCUT2D eigenvalue weighted by Crippen LogP contribution is 2.33. The molecule has 3 nitrogen and oxygen atoms in total. The molecule has 0 saturated heterocycles. The summed E-state index contributed by atoms with van der Waals surface area (Å²) in [4.78, 5) is 11.6. The van der Waals surface area contributed by atoms with Gasteiger partial charge in [0.15, 0.2) is 0 Å². The molecule has 0 aromatic rings. The van der Waals surface area contributed by atoms with E-state index in [0.29, 0.717) is 0 Å². The molecule has 1 aliphatic rings. The van der Waals surface area contributed by atoms with Crippen molar-refractivity contribution in [2.75, 3.05) is 0 Å². The Balaban J connectivity index is 2.35. The molecule has 0 aromatic carbocycles. The Morgan fingerprint density at radius 1 is 1.64 bits per heavy atom. The molecule has 0 bridgehead atoms. The van der Waals surface area contributed by atoms with E-state index in [1.54, 1.807) is 13.8 Å². The van der Waals surface area contributed by atoms with Crippen LogP contribution < -0.4 is 5.32 Å². The topological polar surface area (TPSA) is 52.9 Å². The molecule has 0 heterocycles. The van der Waals surface area contributed by atoms with Crippen LogP contribution in [0.1, 0.15) is 40.0 Å². The number of nitrogens with zero attached hydrogens (tertiary/aromatic N) is 1. The molecule has 0 spiro atoms. The Morgan fingerprint density at radius 2 is 2.21 bits per heavy atom. The fraction of sp³-hybridized carbons (Fsp3) is 0.818. The SMILES string of the molecule is CC(CC1CC1)NC(=O)C(C)(C)C#N. The summed E-state index contributed by atoms with van der Waals surface area (Å²) >= 11 is 0. The lowest BCUT2D eigenvalue weighted by atomic mass is 9.94. The lowest BCUT2D eigenvalue weighted by Gasteiger charge is -2.19. The van der Waals surface area contributed by atoms with Crippen molar-refractivity contribution in [2.45, 2.75) is 46.1 Å². The molecular weight excluding hydrogens is 176 g/mol. The maximum absolute atomic E-state index is 11.6. The van der Waals surface area contributed by atoms with Crippen LogP contribution in [0.4, 0.5) is 0 Å². The fourth-order valence-corrected chi connectivity index (χ4v) is 1.37. The first-order chi connectivity index (χ1) is 6.45. The number of carbonyl (C=O) groups excluding carboxylic acids is 1. The monoisotopic (exact) mass is 194 g/mol. The van der Waals surface area contributed by atoms with Gasteiger partial charge in [-0.2, -0.15) is 5.26 Å². The van der Waals surface area contributed by atoms with Gasteiger partial charge in [0.1, 0.15) is 5.41 Å². The number of amides is 1. The van der Waals surface area contributed by atoms with Gasteiger partial charge in [-0.3, -0.25) is 4.79 Å². The van der Waals surface area contributed by atoms with E-state index < -0.39 is 5.41 Å². The molecule has 1 amide bonds. The van der Waals surface area contributed by atoms with Crippen LogP contribution in [-0.4, -0.2) is 11.9 Å². The lowest BCUT2D eigenvalue weighted by Crippen LogP contribution is -2.41. The molecule has 1 aliphatic carbocycles. The Labute approximate surface area is 85.5 Å². The molecule has 14 heavy (non-hydrogen) atoms. The predicted molar refractivity (Wildman–Crippen MR) is 54.3 cm³/mol. The van der Waals surface area contributed by atoms with Crippen molar-refractivity contribution in [3.8, 4) is 6.07 Å². The summed E-state index contributed by atoms with van der Waals surface area (Å²) in [5.41, 5.74) is -0.905. The molecule has 1 saturated carbocycles. The molecule has 3 heteroatoms. The van der Waals surface area contributed by atoms with Gasteiger partial charge in [0.05, 0.1) is 6.07 Å². The zero-order valence-electron chi connectivity index (χ0n) is 9.13. The van der Waals surface area contributed by atoms with E-state index in [1.807, 2.05) is 13.0 Å². The first kappa shape index (κ1) is 11.0. The van der Waals surface area contributed by atoms with E-state index in [9.17, 15) is 4.79 Å². The van der Waals surface area contributed by atoms with E-state index in [1.165, 1.54) is 12.8 Å². The Bertz CT molecular complexity index is 261. The van der Waals surface area contributed by atoms with E-state index in [2.05, 4.69) is 5.32 Å². The highest BCUT2D eigenvalue weighted by molar-refractivity contribution is 5.84. The van der Waals surface area contributed by atoms with E-state index in [0.717, 1.165) is 12.3 Å². The number of hydrogen-bond acceptors (Lipinski definition) is 2. The molecule has 1 N–H and O–H groups in total. The normalized spacial score (nSPS) is 18.4. The summed E-state index contributed by atoms with van der Waals surface area (Å²) in [7, 11) is 0. The van der Waals surface area contributed by atoms with Gasteiger partial charge in [-0.05, 0) is 33.1 Å². The molecule has 78 valence electrons. The van der Waals surface area contributed by atoms with Crippen LogP contribution in [0, 0.1) is 22.7 Å². The summed E-state index contributed by atoms with van der Waals surface area (Å²) in [6, 6.07) is 2.20. The number of hydrogen-bond donors (Lipinski definition) is 1. The molecule has 1 unspecified atom stereocenters. The third kappa shape index (κ3) is 3.02. The predicted octanol–water partition coefficient (Wildman–Crippen LogP) is 1.84. The minimum Gasteiger partial charge on any atom is -0.352 e. The fourth-order valence-electron chi connectivity index (χ4n) is 1.37. The summed E-state index contributed by atoms with van der Waals surface area (Å²) in [6.45, 7) is 5.29. The maximum Gasteiger partial charge on any atom is 0.240 e. The van der Waals surface area contributed by atoms with E-state index in [-0.39, 0.29) is 11.9 Å². The summed E-state index contributed by atoms with van der Waals surface area (Å²) in [5, 5.41) is 11.6. The van der Waals surface area contributed by atoms with Crippen LogP contribution in [0.25, 0.3) is 0 Å². The third-order valence-corrected chi connectivity index (χ3v) is 2.61. The first-order valence-electron chi connectivity index (χ1n) is 5.18. The first-order valence-corrected chi connectivity index (χ1v) is 5.18. The van der Waals surface area contributed by atoms with Gasteiger partial charge in [0, 0.05) is 6.04 Å². The summed E-state index contributed by atoms with van der Waals surface area (Å²) in [5.74, 6) is 0.642. The van der Waals surface area contributed by atoms with Gasteiger partial charge in [-0.25, -0.2) is 0 Å². The van der Waals surface area contributed by atoms with Crippen LogP contribution in [0.15, 0.2) is 0 Å². The number of nitrogens with one attached hydrogen (secondary N) is 1. The van der Waals surface area contributed by atoms with Gasteiger partial charge < -0.3 is 5.32 Å². The van der Waals surface area contributed by atoms with Crippen LogP contribution in [0.3, 0.4) is 0 Å². The number of rotatable bonds is 4. The van der Waals surface area contributed by atoms with Crippen molar-refractivity contribution >= 4 is 5.91 Å². The highest BCUT2D eigenvalue weighted by atomic mass is 16.2.